The predicted molar refractivity (Wildman–Crippen MR) is 201 cm³/mol. The number of aryl methyl sites for hydroxylation is 1. The van der Waals surface area contributed by atoms with Gasteiger partial charge in [0, 0.05) is 0 Å². The molecule has 0 aliphatic carbocycles. The van der Waals surface area contributed by atoms with E-state index in [0.717, 1.165) is 12.2 Å². The molecule has 12 heteroatoms. The van der Waals surface area contributed by atoms with E-state index in [9.17, 15) is 4.79 Å². The monoisotopic (exact) mass is 745 g/mol. The van der Waals surface area contributed by atoms with E-state index >= 15 is 0 Å². The maximum atomic E-state index is 11.6. The maximum absolute atomic E-state index is 11.6. The maximum Gasteiger partial charge on any atom is 0.308 e. The third-order valence-electron chi connectivity index (χ3n) is 7.34. The van der Waals surface area contributed by atoms with Crippen molar-refractivity contribution in [2.45, 2.75) is 91.1 Å². The molecule has 0 bridgehead atoms. The van der Waals surface area contributed by atoms with Gasteiger partial charge in [-0.25, -0.2) is 0 Å². The van der Waals surface area contributed by atoms with Crippen LogP contribution in [0.25, 0.3) is 0 Å². The van der Waals surface area contributed by atoms with Crippen molar-refractivity contribution >= 4 is 5.97 Å². The molecule has 12 nitrogen and oxygen atoms in total. The van der Waals surface area contributed by atoms with Gasteiger partial charge in [0.25, 0.3) is 0 Å². The van der Waals surface area contributed by atoms with Crippen LogP contribution in [0.2, 0.25) is 0 Å². The SMILES string of the molecule is CCCCCCCCCc1ccc(OCCOCCOCCOCCOCCOCCOCCOCCOCCOCCC(=O)OC(C)(C)C)cc1. The zero-order valence-electron chi connectivity index (χ0n) is 33.0. The van der Waals surface area contributed by atoms with Crippen LogP contribution in [0, 0.1) is 0 Å². The Labute approximate surface area is 314 Å². The first-order valence-electron chi connectivity index (χ1n) is 19.5. The van der Waals surface area contributed by atoms with Crippen molar-refractivity contribution in [1.29, 1.82) is 0 Å². The fourth-order valence-corrected chi connectivity index (χ4v) is 4.67. The van der Waals surface area contributed by atoms with Gasteiger partial charge in [0.15, 0.2) is 0 Å². The molecule has 0 saturated carbocycles. The highest BCUT2D eigenvalue weighted by atomic mass is 16.6. The summed E-state index contributed by atoms with van der Waals surface area (Å²) < 4.78 is 60.4. The van der Waals surface area contributed by atoms with Gasteiger partial charge in [-0.15, -0.1) is 0 Å². The van der Waals surface area contributed by atoms with Crippen LogP contribution >= 0.6 is 0 Å². The molecular weight excluding hydrogens is 672 g/mol. The van der Waals surface area contributed by atoms with Gasteiger partial charge in [-0.3, -0.25) is 4.79 Å². The smallest absolute Gasteiger partial charge is 0.308 e. The Morgan fingerprint density at radius 2 is 0.808 bits per heavy atom. The Bertz CT molecular complexity index is 894. The van der Waals surface area contributed by atoms with Crippen molar-refractivity contribution in [3.63, 3.8) is 0 Å². The van der Waals surface area contributed by atoms with Gasteiger partial charge in [0.2, 0.25) is 0 Å². The summed E-state index contributed by atoms with van der Waals surface area (Å²) in [7, 11) is 0. The molecule has 0 aliphatic heterocycles. The third-order valence-corrected chi connectivity index (χ3v) is 7.34. The van der Waals surface area contributed by atoms with Gasteiger partial charge < -0.3 is 52.1 Å². The minimum Gasteiger partial charge on any atom is -0.491 e. The Morgan fingerprint density at radius 3 is 1.19 bits per heavy atom. The summed E-state index contributed by atoms with van der Waals surface area (Å²) in [5.41, 5.74) is 0.905. The van der Waals surface area contributed by atoms with E-state index in [2.05, 4.69) is 31.2 Å². The second-order valence-corrected chi connectivity index (χ2v) is 13.2. The number of unbranched alkanes of at least 4 members (excludes halogenated alkanes) is 6. The molecule has 0 heterocycles. The van der Waals surface area contributed by atoms with Gasteiger partial charge in [0.05, 0.1) is 125 Å². The molecule has 0 N–H and O–H groups in total. The van der Waals surface area contributed by atoms with E-state index in [1.165, 1.54) is 50.5 Å². The van der Waals surface area contributed by atoms with Crippen LogP contribution in [0.3, 0.4) is 0 Å². The van der Waals surface area contributed by atoms with Crippen molar-refractivity contribution in [3.8, 4) is 5.75 Å². The number of ether oxygens (including phenoxy) is 11. The molecule has 0 fully saturated rings. The van der Waals surface area contributed by atoms with Gasteiger partial charge in [0.1, 0.15) is 18.0 Å². The second kappa shape index (κ2) is 36.1. The van der Waals surface area contributed by atoms with Crippen LogP contribution in [-0.4, -0.2) is 137 Å². The van der Waals surface area contributed by atoms with E-state index in [1.807, 2.05) is 20.8 Å². The molecule has 0 aromatic heterocycles. The number of benzene rings is 1. The summed E-state index contributed by atoms with van der Waals surface area (Å²) in [6.07, 6.45) is 10.7. The van der Waals surface area contributed by atoms with Gasteiger partial charge in [-0.2, -0.15) is 0 Å². The molecule has 0 saturated heterocycles. The molecule has 0 aliphatic rings. The molecule has 0 unspecified atom stereocenters. The Balaban J connectivity index is 1.71. The van der Waals surface area contributed by atoms with Gasteiger partial charge >= 0.3 is 5.97 Å². The fraction of sp³-hybridized carbons (Fsp3) is 0.825. The molecule has 0 atom stereocenters. The summed E-state index contributed by atoms with van der Waals surface area (Å²) >= 11 is 0. The highest BCUT2D eigenvalue weighted by molar-refractivity contribution is 5.69. The lowest BCUT2D eigenvalue weighted by Gasteiger charge is -2.19. The molecule has 52 heavy (non-hydrogen) atoms. The van der Waals surface area contributed by atoms with Crippen molar-refractivity contribution < 1.29 is 56.9 Å². The van der Waals surface area contributed by atoms with Crippen LogP contribution < -0.4 is 4.74 Å². The molecule has 0 spiro atoms. The summed E-state index contributed by atoms with van der Waals surface area (Å²) in [4.78, 5) is 11.6. The highest BCUT2D eigenvalue weighted by Crippen LogP contribution is 2.15. The number of hydrogen-bond donors (Lipinski definition) is 0. The summed E-state index contributed by atoms with van der Waals surface area (Å²) in [6.45, 7) is 17.0. The first kappa shape index (κ1) is 48.1. The quantitative estimate of drug-likeness (QED) is 0.0561. The lowest BCUT2D eigenvalue weighted by atomic mass is 10.0. The van der Waals surface area contributed by atoms with E-state index in [4.69, 9.17) is 52.1 Å². The van der Waals surface area contributed by atoms with E-state index in [1.54, 1.807) is 0 Å². The molecule has 304 valence electrons. The minimum atomic E-state index is -0.473. The highest BCUT2D eigenvalue weighted by Gasteiger charge is 2.15. The average Bonchev–Trinajstić information content (AvgIpc) is 3.12. The van der Waals surface area contributed by atoms with Crippen molar-refractivity contribution in [1.82, 2.24) is 0 Å². The standard InChI is InChI=1S/C40H72O12/c1-5-6-7-8-9-10-11-12-37-13-15-38(16-14-37)51-36-35-50-34-33-49-32-31-48-30-29-47-28-27-46-26-25-45-24-23-44-22-21-43-20-19-42-18-17-39(41)52-40(2,3)4/h13-16H,5-12,17-36H2,1-4H3. The Kier molecular flexibility index (Phi) is 33.4. The van der Waals surface area contributed by atoms with Gasteiger partial charge in [-0.1, -0.05) is 57.6 Å². The Hall–Kier alpha value is -1.87. The van der Waals surface area contributed by atoms with Crippen LogP contribution in [0.15, 0.2) is 24.3 Å². The van der Waals surface area contributed by atoms with Crippen molar-refractivity contribution in [2.24, 2.45) is 0 Å². The molecule has 1 aromatic rings. The fourth-order valence-electron chi connectivity index (χ4n) is 4.67. The van der Waals surface area contributed by atoms with Crippen LogP contribution in [-0.2, 0) is 58.6 Å². The van der Waals surface area contributed by atoms with Crippen molar-refractivity contribution in [2.75, 3.05) is 126 Å². The molecule has 1 aromatic carbocycles. The number of carbonyl (C=O) groups is 1. The van der Waals surface area contributed by atoms with E-state index in [-0.39, 0.29) is 12.4 Å². The number of hydrogen-bond acceptors (Lipinski definition) is 12. The summed E-state index contributed by atoms with van der Waals surface area (Å²) in [5.74, 6) is 0.621. The number of rotatable bonds is 39. The lowest BCUT2D eigenvalue weighted by molar-refractivity contribution is -0.156. The minimum absolute atomic E-state index is 0.234. The van der Waals surface area contributed by atoms with E-state index in [0.29, 0.717) is 126 Å². The average molecular weight is 745 g/mol. The number of esters is 1. The molecule has 0 amide bonds. The zero-order chi connectivity index (χ0) is 37.6. The molecule has 0 radical (unpaired) electrons. The first-order valence-corrected chi connectivity index (χ1v) is 19.5. The number of carbonyl (C=O) groups excluding carboxylic acids is 1. The molecular formula is C40H72O12. The topological polar surface area (TPSA) is 119 Å². The van der Waals surface area contributed by atoms with Crippen LogP contribution in [0.4, 0.5) is 0 Å². The van der Waals surface area contributed by atoms with Crippen LogP contribution in [0.1, 0.15) is 84.6 Å². The lowest BCUT2D eigenvalue weighted by Crippen LogP contribution is -2.24. The van der Waals surface area contributed by atoms with Crippen LogP contribution in [0.5, 0.6) is 5.75 Å². The largest absolute Gasteiger partial charge is 0.491 e. The normalized spacial score (nSPS) is 11.7. The molecule has 1 rings (SSSR count). The summed E-state index contributed by atoms with van der Waals surface area (Å²) in [5, 5.41) is 0. The van der Waals surface area contributed by atoms with Gasteiger partial charge in [-0.05, 0) is 51.3 Å². The van der Waals surface area contributed by atoms with E-state index < -0.39 is 5.60 Å². The van der Waals surface area contributed by atoms with Crippen molar-refractivity contribution in [3.05, 3.63) is 29.8 Å². The third kappa shape index (κ3) is 35.2. The first-order chi connectivity index (χ1) is 25.4. The zero-order valence-corrected chi connectivity index (χ0v) is 33.0. The second-order valence-electron chi connectivity index (χ2n) is 13.2. The summed E-state index contributed by atoms with van der Waals surface area (Å²) in [6, 6.07) is 8.44. The Morgan fingerprint density at radius 1 is 0.462 bits per heavy atom. The predicted octanol–water partition coefficient (Wildman–Crippen LogP) is 6.24.